The summed E-state index contributed by atoms with van der Waals surface area (Å²) in [6.07, 6.45) is 2.25. The van der Waals surface area contributed by atoms with Crippen LogP contribution in [-0.2, 0) is 4.79 Å². The lowest BCUT2D eigenvalue weighted by Crippen LogP contribution is -2.40. The van der Waals surface area contributed by atoms with Gasteiger partial charge in [0.2, 0.25) is 0 Å². The smallest absolute Gasteiger partial charge is 0.260 e. The first-order chi connectivity index (χ1) is 9.99. The average Bonchev–Trinajstić information content (AvgIpc) is 2.85. The zero-order valence-electron chi connectivity index (χ0n) is 13.1. The van der Waals surface area contributed by atoms with E-state index in [0.29, 0.717) is 6.42 Å². The molecule has 2 rings (SSSR count). The summed E-state index contributed by atoms with van der Waals surface area (Å²) in [6.45, 7) is 6.58. The Hall–Kier alpha value is -1.55. The Morgan fingerprint density at radius 3 is 2.71 bits per heavy atom. The van der Waals surface area contributed by atoms with Gasteiger partial charge in [-0.1, -0.05) is 18.2 Å². The van der Waals surface area contributed by atoms with Gasteiger partial charge in [-0.3, -0.25) is 4.79 Å². The quantitative estimate of drug-likeness (QED) is 0.906. The maximum Gasteiger partial charge on any atom is 0.260 e. The number of ether oxygens (including phenoxy) is 1. The second-order valence-corrected chi connectivity index (χ2v) is 5.98. The van der Waals surface area contributed by atoms with E-state index in [0.717, 1.165) is 36.3 Å². The maximum absolute atomic E-state index is 12.4. The number of rotatable bonds is 5. The van der Waals surface area contributed by atoms with Crippen LogP contribution in [0.15, 0.2) is 18.2 Å². The Morgan fingerprint density at radius 1 is 1.43 bits per heavy atom. The Labute approximate surface area is 126 Å². The van der Waals surface area contributed by atoms with E-state index in [1.54, 1.807) is 6.92 Å². The Bertz CT molecular complexity index is 479. The van der Waals surface area contributed by atoms with Crippen molar-refractivity contribution in [1.82, 2.24) is 4.90 Å². The molecule has 4 nitrogen and oxygen atoms in total. The lowest BCUT2D eigenvalue weighted by atomic mass is 10.1. The minimum Gasteiger partial charge on any atom is -0.483 e. The predicted octanol–water partition coefficient (Wildman–Crippen LogP) is 2.44. The molecule has 1 aromatic carbocycles. The number of carbonyl (C=O) groups excluding carboxylic acids is 1. The monoisotopic (exact) mass is 291 g/mol. The molecule has 0 saturated carbocycles. The van der Waals surface area contributed by atoms with Crippen LogP contribution in [0.3, 0.4) is 0 Å². The molecule has 2 atom stereocenters. The molecule has 1 amide bonds. The second-order valence-electron chi connectivity index (χ2n) is 5.98. The van der Waals surface area contributed by atoms with Crippen molar-refractivity contribution >= 4 is 5.91 Å². The molecule has 1 saturated heterocycles. The highest BCUT2D eigenvalue weighted by Gasteiger charge is 2.29. The summed E-state index contributed by atoms with van der Waals surface area (Å²) in [5.74, 6) is 0.818. The Balaban J connectivity index is 1.95. The third-order valence-electron chi connectivity index (χ3n) is 4.06. The highest BCUT2D eigenvalue weighted by atomic mass is 16.5. The molecule has 1 fully saturated rings. The molecule has 1 aromatic rings. The first-order valence-electron chi connectivity index (χ1n) is 7.65. The van der Waals surface area contributed by atoms with Crippen LogP contribution in [0.2, 0.25) is 0 Å². The standard InChI is InChI=1S/C17H25NO3/c1-12-6-4-7-13(2)17(12)21-11-16(20)18-9-5-8-15(18)10-14(3)19/h4,6-7,14-15,19H,5,8-11H2,1-3H3. The maximum atomic E-state index is 12.4. The molecule has 1 aliphatic rings. The summed E-state index contributed by atoms with van der Waals surface area (Å²) in [7, 11) is 0. The summed E-state index contributed by atoms with van der Waals surface area (Å²) in [5, 5.41) is 9.52. The van der Waals surface area contributed by atoms with Crippen LogP contribution in [0.25, 0.3) is 0 Å². The predicted molar refractivity (Wildman–Crippen MR) is 82.4 cm³/mol. The molecule has 0 aromatic heterocycles. The zero-order chi connectivity index (χ0) is 15.4. The van der Waals surface area contributed by atoms with Gasteiger partial charge >= 0.3 is 0 Å². The molecule has 0 spiro atoms. The lowest BCUT2D eigenvalue weighted by Gasteiger charge is -2.26. The van der Waals surface area contributed by atoms with Gasteiger partial charge in [0.1, 0.15) is 5.75 Å². The minimum absolute atomic E-state index is 0.0146. The summed E-state index contributed by atoms with van der Waals surface area (Å²) in [4.78, 5) is 14.2. The van der Waals surface area contributed by atoms with Crippen molar-refractivity contribution in [3.63, 3.8) is 0 Å². The number of aliphatic hydroxyl groups is 1. The van der Waals surface area contributed by atoms with Crippen molar-refractivity contribution in [3.8, 4) is 5.75 Å². The van der Waals surface area contributed by atoms with E-state index in [1.165, 1.54) is 0 Å². The number of carbonyl (C=O) groups is 1. The molecular formula is C17H25NO3. The fourth-order valence-electron chi connectivity index (χ4n) is 3.05. The van der Waals surface area contributed by atoms with Gasteiger partial charge in [-0.2, -0.15) is 0 Å². The van der Waals surface area contributed by atoms with E-state index in [-0.39, 0.29) is 24.7 Å². The summed E-state index contributed by atoms with van der Waals surface area (Å²) < 4.78 is 5.74. The van der Waals surface area contributed by atoms with Gasteiger partial charge in [-0.05, 0) is 51.2 Å². The van der Waals surface area contributed by atoms with Crippen molar-refractivity contribution < 1.29 is 14.6 Å². The summed E-state index contributed by atoms with van der Waals surface area (Å²) in [5.41, 5.74) is 2.09. The van der Waals surface area contributed by atoms with Gasteiger partial charge in [-0.25, -0.2) is 0 Å². The highest BCUT2D eigenvalue weighted by molar-refractivity contribution is 5.78. The van der Waals surface area contributed by atoms with Crippen LogP contribution in [0.5, 0.6) is 5.75 Å². The molecule has 0 bridgehead atoms. The minimum atomic E-state index is -0.372. The zero-order valence-corrected chi connectivity index (χ0v) is 13.1. The van der Waals surface area contributed by atoms with Gasteiger partial charge in [0.25, 0.3) is 5.91 Å². The van der Waals surface area contributed by atoms with Crippen LogP contribution in [-0.4, -0.2) is 41.2 Å². The fourth-order valence-corrected chi connectivity index (χ4v) is 3.05. The molecule has 2 unspecified atom stereocenters. The molecule has 21 heavy (non-hydrogen) atoms. The number of hydrogen-bond acceptors (Lipinski definition) is 3. The SMILES string of the molecule is Cc1cccc(C)c1OCC(=O)N1CCCC1CC(C)O. The third-order valence-corrected chi connectivity index (χ3v) is 4.06. The first kappa shape index (κ1) is 15.8. The van der Waals surface area contributed by atoms with Crippen molar-refractivity contribution in [1.29, 1.82) is 0 Å². The van der Waals surface area contributed by atoms with E-state index < -0.39 is 0 Å². The van der Waals surface area contributed by atoms with Gasteiger partial charge < -0.3 is 14.7 Å². The number of hydrogen-bond donors (Lipinski definition) is 1. The number of likely N-dealkylation sites (tertiary alicyclic amines) is 1. The van der Waals surface area contributed by atoms with E-state index >= 15 is 0 Å². The second kappa shape index (κ2) is 6.94. The van der Waals surface area contributed by atoms with E-state index in [9.17, 15) is 9.90 Å². The van der Waals surface area contributed by atoms with Crippen molar-refractivity contribution in [2.75, 3.05) is 13.2 Å². The number of aryl methyl sites for hydroxylation is 2. The molecule has 116 valence electrons. The van der Waals surface area contributed by atoms with Crippen LogP contribution in [0.1, 0.15) is 37.3 Å². The molecule has 0 radical (unpaired) electrons. The number of amides is 1. The number of para-hydroxylation sites is 1. The van der Waals surface area contributed by atoms with E-state index in [1.807, 2.05) is 36.9 Å². The van der Waals surface area contributed by atoms with Crippen LogP contribution in [0, 0.1) is 13.8 Å². The van der Waals surface area contributed by atoms with Crippen molar-refractivity contribution in [2.24, 2.45) is 0 Å². The highest BCUT2D eigenvalue weighted by Crippen LogP contribution is 2.24. The average molecular weight is 291 g/mol. The number of nitrogens with zero attached hydrogens (tertiary/aromatic N) is 1. The molecule has 4 heteroatoms. The normalized spacial score (nSPS) is 19.6. The van der Waals surface area contributed by atoms with Gasteiger partial charge in [0, 0.05) is 12.6 Å². The molecule has 0 aliphatic carbocycles. The number of aliphatic hydroxyl groups excluding tert-OH is 1. The molecule has 1 heterocycles. The largest absolute Gasteiger partial charge is 0.483 e. The summed E-state index contributed by atoms with van der Waals surface area (Å²) in [6, 6.07) is 6.11. The van der Waals surface area contributed by atoms with E-state index in [4.69, 9.17) is 4.74 Å². The third kappa shape index (κ3) is 3.97. The molecule has 1 aliphatic heterocycles. The Kier molecular flexibility index (Phi) is 5.23. The fraction of sp³-hybridized carbons (Fsp3) is 0.588. The molecule has 1 N–H and O–H groups in total. The van der Waals surface area contributed by atoms with Gasteiger partial charge in [-0.15, -0.1) is 0 Å². The van der Waals surface area contributed by atoms with Crippen LogP contribution in [0.4, 0.5) is 0 Å². The van der Waals surface area contributed by atoms with Crippen LogP contribution >= 0.6 is 0 Å². The topological polar surface area (TPSA) is 49.8 Å². The first-order valence-corrected chi connectivity index (χ1v) is 7.65. The number of benzene rings is 1. The van der Waals surface area contributed by atoms with Crippen LogP contribution < -0.4 is 4.74 Å². The van der Waals surface area contributed by atoms with Crippen molar-refractivity contribution in [3.05, 3.63) is 29.3 Å². The van der Waals surface area contributed by atoms with Crippen molar-refractivity contribution in [2.45, 2.75) is 52.2 Å². The van der Waals surface area contributed by atoms with Gasteiger partial charge in [0.15, 0.2) is 6.61 Å². The Morgan fingerprint density at radius 2 is 2.10 bits per heavy atom. The molecular weight excluding hydrogens is 266 g/mol. The summed E-state index contributed by atoms with van der Waals surface area (Å²) >= 11 is 0. The van der Waals surface area contributed by atoms with Gasteiger partial charge in [0.05, 0.1) is 6.10 Å². The van der Waals surface area contributed by atoms with E-state index in [2.05, 4.69) is 0 Å². The lowest BCUT2D eigenvalue weighted by molar-refractivity contribution is -0.134.